The van der Waals surface area contributed by atoms with E-state index in [2.05, 4.69) is 16.0 Å². The smallest absolute Gasteiger partial charge is 0.381 e. The summed E-state index contributed by atoms with van der Waals surface area (Å²) in [6, 6.07) is -11.1. The van der Waals surface area contributed by atoms with E-state index < -0.39 is 209 Å². The summed E-state index contributed by atoms with van der Waals surface area (Å²) in [7, 11) is 11.0. The normalized spacial score (nSPS) is 31.3. The summed E-state index contributed by atoms with van der Waals surface area (Å²) >= 11 is 6.44. The number of nitrogens with zero attached hydrogens (tertiary/aromatic N) is 9. The second-order valence-electron chi connectivity index (χ2n) is 34.2. The van der Waals surface area contributed by atoms with Gasteiger partial charge >= 0.3 is 12.4 Å². The lowest BCUT2D eigenvalue weighted by Gasteiger charge is -2.54. The number of rotatable bonds is 12. The molecular formula is C77H121ClF6N12O14. The molecule has 7 aliphatic rings. The molecule has 4 heterocycles. The van der Waals surface area contributed by atoms with Crippen molar-refractivity contribution in [3.8, 4) is 0 Å². The second kappa shape index (κ2) is 37.9. The molecule has 3 N–H and O–H groups in total. The molecule has 3 aliphatic carbocycles. The summed E-state index contributed by atoms with van der Waals surface area (Å²) in [6.45, 7) is 11.6. The highest BCUT2D eigenvalue weighted by atomic mass is 35.5. The highest BCUT2D eigenvalue weighted by molar-refractivity contribution is 6.21. The van der Waals surface area contributed by atoms with Crippen molar-refractivity contribution < 1.29 is 93.4 Å². The number of fused-ring (bicyclic) bond motifs is 3. The van der Waals surface area contributed by atoms with E-state index in [4.69, 9.17) is 21.1 Å². The molecule has 622 valence electrons. The van der Waals surface area contributed by atoms with Gasteiger partial charge < -0.3 is 69.5 Å². The fourth-order valence-corrected chi connectivity index (χ4v) is 18.1. The molecule has 4 aliphatic heterocycles. The quantitative estimate of drug-likeness (QED) is 0.104. The van der Waals surface area contributed by atoms with Crippen LogP contribution in [0.25, 0.3) is 0 Å². The van der Waals surface area contributed by atoms with Crippen molar-refractivity contribution in [2.45, 2.75) is 261 Å². The maximum absolute atomic E-state index is 15.7. The van der Waals surface area contributed by atoms with Crippen LogP contribution in [0, 0.1) is 40.4 Å². The Kier molecular flexibility index (Phi) is 31.1. The first-order chi connectivity index (χ1) is 51.2. The van der Waals surface area contributed by atoms with Crippen molar-refractivity contribution in [2.75, 3.05) is 102 Å². The average molecular weight is 1590 g/mol. The van der Waals surface area contributed by atoms with Crippen molar-refractivity contribution in [3.63, 3.8) is 0 Å². The maximum atomic E-state index is 15.7. The molecule has 6 fully saturated rings. The zero-order chi connectivity index (χ0) is 82.0. The van der Waals surface area contributed by atoms with E-state index in [1.54, 1.807) is 26.0 Å². The number of nitrogens with one attached hydrogen (secondary N) is 3. The van der Waals surface area contributed by atoms with Crippen LogP contribution in [0.3, 0.4) is 0 Å². The monoisotopic (exact) mass is 1590 g/mol. The van der Waals surface area contributed by atoms with E-state index in [-0.39, 0.29) is 142 Å². The number of carbonyl (C=O) groups is 12. The van der Waals surface area contributed by atoms with Crippen LogP contribution in [-0.4, -0.2) is 295 Å². The summed E-state index contributed by atoms with van der Waals surface area (Å²) < 4.78 is 96.7. The Labute approximate surface area is 649 Å². The summed E-state index contributed by atoms with van der Waals surface area (Å²) in [5, 5.41) is 7.39. The molecule has 26 nitrogen and oxygen atoms in total. The van der Waals surface area contributed by atoms with Gasteiger partial charge in [0.05, 0.1) is 37.5 Å². The Hall–Kier alpha value is -6.83. The first-order valence-electron chi connectivity index (χ1n) is 39.2. The molecule has 3 saturated heterocycles. The van der Waals surface area contributed by atoms with Gasteiger partial charge in [-0.15, -0.1) is 11.6 Å². The first kappa shape index (κ1) is 90.4. The van der Waals surface area contributed by atoms with Crippen molar-refractivity contribution in [2.24, 2.45) is 40.4 Å². The van der Waals surface area contributed by atoms with E-state index in [0.717, 1.165) is 24.5 Å². The van der Waals surface area contributed by atoms with Crippen LogP contribution < -0.4 is 16.0 Å². The maximum Gasteiger partial charge on any atom is 0.393 e. The van der Waals surface area contributed by atoms with Crippen LogP contribution in [0.5, 0.6) is 0 Å². The molecule has 1 spiro atoms. The number of halogens is 7. The van der Waals surface area contributed by atoms with Crippen LogP contribution in [-0.2, 0) is 67.0 Å². The number of ether oxygens (including phenoxy) is 2. The van der Waals surface area contributed by atoms with Gasteiger partial charge in [0.1, 0.15) is 53.9 Å². The second-order valence-corrected chi connectivity index (χ2v) is 34.8. The van der Waals surface area contributed by atoms with Crippen LogP contribution in [0.1, 0.15) is 183 Å². The minimum atomic E-state index is -4.58. The van der Waals surface area contributed by atoms with E-state index in [0.29, 0.717) is 19.3 Å². The SMILES string of the molecule is CCC[C@H]1C(=O)N[C@@H](C2CCOCC2)C(=O)N(C)CC(=O)N(C)[C@H]2C/C=C\CCN(C2=O)[C@@H](CC2CCC(C(F)(F)F)CC2)C(=O)N(C)CC(=O)N[C@@H](CCC2CCC(C(F)(F)F)C(Cl)C2)C(=O)N2C[C@H](OCC)C[C@H]2C(=O)NC2(CC(C)(C)C2)C(=O)N(C)[C@@H](CC(C)(C)C)C(=O)N(C)[C@H](C(=O)N(C)C)CC(=O)N1C. The van der Waals surface area contributed by atoms with E-state index in [1.807, 2.05) is 34.6 Å². The predicted octanol–water partition coefficient (Wildman–Crippen LogP) is 6.69. The Morgan fingerprint density at radius 3 is 1.85 bits per heavy atom. The van der Waals surface area contributed by atoms with E-state index in [1.165, 1.54) is 76.0 Å². The Bertz CT molecular complexity index is 3320. The molecule has 7 rings (SSSR count). The zero-order valence-corrected chi connectivity index (χ0v) is 67.8. The van der Waals surface area contributed by atoms with Gasteiger partial charge in [-0.2, -0.15) is 26.3 Å². The molecule has 0 radical (unpaired) electrons. The molecular weight excluding hydrogens is 1470 g/mol. The molecule has 12 amide bonds. The molecule has 3 unspecified atom stereocenters. The zero-order valence-electron chi connectivity index (χ0n) is 67.0. The highest BCUT2D eigenvalue weighted by Gasteiger charge is 2.59. The van der Waals surface area contributed by atoms with Crippen LogP contribution in [0.4, 0.5) is 26.3 Å². The van der Waals surface area contributed by atoms with Crippen molar-refractivity contribution in [1.29, 1.82) is 0 Å². The summed E-state index contributed by atoms with van der Waals surface area (Å²) in [5.41, 5.74) is -3.01. The molecule has 0 aromatic carbocycles. The van der Waals surface area contributed by atoms with Gasteiger partial charge in [-0.25, -0.2) is 0 Å². The lowest BCUT2D eigenvalue weighted by atomic mass is 9.58. The fourth-order valence-electron chi connectivity index (χ4n) is 17.6. The predicted molar refractivity (Wildman–Crippen MR) is 396 cm³/mol. The number of likely N-dealkylation sites (N-methyl/N-ethyl adjacent to an activating group) is 7. The van der Waals surface area contributed by atoms with Crippen molar-refractivity contribution in [1.82, 2.24) is 60.0 Å². The molecule has 12 atom stereocenters. The third-order valence-electron chi connectivity index (χ3n) is 23.7. The van der Waals surface area contributed by atoms with Gasteiger partial charge in [0.2, 0.25) is 70.9 Å². The minimum absolute atomic E-state index is 0.00629. The van der Waals surface area contributed by atoms with Crippen molar-refractivity contribution in [3.05, 3.63) is 12.2 Å². The Balaban J connectivity index is 1.34. The summed E-state index contributed by atoms with van der Waals surface area (Å²) in [5.74, 6) is -14.0. The molecule has 0 aromatic heterocycles. The minimum Gasteiger partial charge on any atom is -0.381 e. The molecule has 2 bridgehead atoms. The number of carbonyl (C=O) groups excluding carboxylic acids is 12. The standard InChI is InChI=1S/C77H121ClF6N12O14/c1-16-21-54-64(100)86-63(48-31-34-109-35-32-48)71(107)90(11)43-62(99)92(13)55-22-19-18-20-33-95(70(55)106)58(37-47-23-27-49(28-24-47)76(79,80)81)68(104)89(10)42-60(97)85-53(30-26-46-25-29-51(52(78)36-46)77(82,83)84)66(102)96-41-50(110-17-2)38-56(96)65(101)87-75(44-74(6,7)45-75)72(108)94(15)59(40-73(3,4)5)69(105)93(14)57(67(103)88(8)9)39-61(98)91(54)12/h18-19,46-59,63H,16-17,20-45H2,1-15H3,(H,85,97)(H,86,100)(H,87,101)/b19-18-/t46?,47?,49?,50-,51?,52?,53+,54+,55+,56+,57+,58+,59+,63+/m1/s1. The number of hydrogen-bond acceptors (Lipinski definition) is 14. The molecule has 0 aromatic rings. The highest BCUT2D eigenvalue weighted by Crippen LogP contribution is 2.50. The lowest BCUT2D eigenvalue weighted by Crippen LogP contribution is -2.71. The van der Waals surface area contributed by atoms with Gasteiger partial charge in [0.15, 0.2) is 0 Å². The van der Waals surface area contributed by atoms with Crippen LogP contribution >= 0.6 is 11.6 Å². The fraction of sp³-hybridized carbons (Fsp3) is 0.818. The Morgan fingerprint density at radius 1 is 0.645 bits per heavy atom. The Morgan fingerprint density at radius 2 is 1.27 bits per heavy atom. The van der Waals surface area contributed by atoms with E-state index in [9.17, 15) is 50.3 Å². The van der Waals surface area contributed by atoms with Gasteiger partial charge in [-0.05, 0) is 151 Å². The number of alkyl halides is 7. The number of amides is 12. The van der Waals surface area contributed by atoms with Gasteiger partial charge in [-0.1, -0.05) is 60.1 Å². The van der Waals surface area contributed by atoms with Crippen LogP contribution in [0.2, 0.25) is 0 Å². The third kappa shape index (κ3) is 22.8. The van der Waals surface area contributed by atoms with E-state index >= 15 is 33.6 Å². The lowest BCUT2D eigenvalue weighted by molar-refractivity contribution is -0.184. The summed E-state index contributed by atoms with van der Waals surface area (Å²) in [6.07, 6.45) is -7.08. The molecule has 110 heavy (non-hydrogen) atoms. The van der Waals surface area contributed by atoms with Gasteiger partial charge in [-0.3, -0.25) is 57.5 Å². The van der Waals surface area contributed by atoms with Crippen molar-refractivity contribution >= 4 is 82.5 Å². The topological polar surface area (TPSA) is 289 Å². The average Bonchev–Trinajstić information content (AvgIpc) is 0.939. The number of hydrogen-bond donors (Lipinski definition) is 3. The van der Waals surface area contributed by atoms with Gasteiger partial charge in [0, 0.05) is 101 Å². The summed E-state index contributed by atoms with van der Waals surface area (Å²) in [4.78, 5) is 193. The molecule has 3 saturated carbocycles. The third-order valence-corrected chi connectivity index (χ3v) is 24.2. The first-order valence-corrected chi connectivity index (χ1v) is 39.6. The van der Waals surface area contributed by atoms with Crippen LogP contribution in [0.15, 0.2) is 12.2 Å². The van der Waals surface area contributed by atoms with Gasteiger partial charge in [0.25, 0.3) is 0 Å². The largest absolute Gasteiger partial charge is 0.393 e. The molecule has 33 heteroatoms.